The maximum Gasteiger partial charge on any atom is 1.00 e. The van der Waals surface area contributed by atoms with Gasteiger partial charge in [0.1, 0.15) is 11.5 Å². The molecule has 0 saturated heterocycles. The number of aromatic nitrogens is 1. The Hall–Kier alpha value is -1.28. The normalized spacial score (nSPS) is 16.1. The zero-order valence-corrected chi connectivity index (χ0v) is 17.9. The van der Waals surface area contributed by atoms with E-state index in [-0.39, 0.29) is 29.6 Å². The number of fused-ring (bicyclic) bond motifs is 1. The molecular weight excluding hydrogens is 349 g/mol. The Bertz CT molecular complexity index is 801. The van der Waals surface area contributed by atoms with E-state index in [0.717, 1.165) is 39.7 Å². The van der Waals surface area contributed by atoms with Crippen LogP contribution in [0.5, 0.6) is 11.5 Å². The molecule has 25 heavy (non-hydrogen) atoms. The van der Waals surface area contributed by atoms with E-state index < -0.39 is 16.3 Å². The number of methoxy groups -OCH3 is 2. The predicted molar refractivity (Wildman–Crippen MR) is 95.5 cm³/mol. The van der Waals surface area contributed by atoms with Gasteiger partial charge in [0.2, 0.25) is 0 Å². The van der Waals surface area contributed by atoms with Crippen molar-refractivity contribution in [2.45, 2.75) is 25.1 Å². The SMILES string of the molecule is COc1ccc2c(c1)[N-]C([S@](=O)Cc1ncc(C)c(OC)c1C)N2.[Na+]. The van der Waals surface area contributed by atoms with Crippen LogP contribution >= 0.6 is 0 Å². The minimum Gasteiger partial charge on any atom is -0.653 e. The van der Waals surface area contributed by atoms with Crippen molar-refractivity contribution >= 4 is 22.2 Å². The first kappa shape index (κ1) is 20.0. The molecule has 1 aliphatic rings. The fraction of sp³-hybridized carbons (Fsp3) is 0.353. The fourth-order valence-corrected chi connectivity index (χ4v) is 3.92. The van der Waals surface area contributed by atoms with E-state index in [2.05, 4.69) is 15.6 Å². The van der Waals surface area contributed by atoms with Crippen molar-refractivity contribution in [1.29, 1.82) is 0 Å². The molecule has 0 saturated carbocycles. The summed E-state index contributed by atoms with van der Waals surface area (Å²) in [7, 11) is 2.00. The second-order valence-corrected chi connectivity index (χ2v) is 7.08. The molecule has 0 amide bonds. The fourth-order valence-electron chi connectivity index (χ4n) is 2.71. The van der Waals surface area contributed by atoms with Crippen molar-refractivity contribution in [3.05, 3.63) is 46.5 Å². The molecule has 6 nitrogen and oxygen atoms in total. The number of pyridine rings is 1. The number of aryl methyl sites for hydroxylation is 1. The quantitative estimate of drug-likeness (QED) is 0.772. The summed E-state index contributed by atoms with van der Waals surface area (Å²) in [5.41, 5.74) is 3.79. The second-order valence-electron chi connectivity index (χ2n) is 5.58. The van der Waals surface area contributed by atoms with Gasteiger partial charge in [-0.05, 0) is 32.0 Å². The molecule has 0 spiro atoms. The van der Waals surface area contributed by atoms with Gasteiger partial charge in [0.05, 0.1) is 25.7 Å². The number of anilines is 1. The molecule has 0 aliphatic carbocycles. The zero-order chi connectivity index (χ0) is 17.3. The first-order valence-electron chi connectivity index (χ1n) is 7.55. The third kappa shape index (κ3) is 4.11. The van der Waals surface area contributed by atoms with Crippen LogP contribution in [0.3, 0.4) is 0 Å². The van der Waals surface area contributed by atoms with Gasteiger partial charge in [-0.2, -0.15) is 0 Å². The van der Waals surface area contributed by atoms with Crippen LogP contribution in [0, 0.1) is 13.8 Å². The van der Waals surface area contributed by atoms with E-state index in [1.807, 2.05) is 32.0 Å². The van der Waals surface area contributed by atoms with Gasteiger partial charge in [0, 0.05) is 39.3 Å². The Morgan fingerprint density at radius 1 is 1.28 bits per heavy atom. The van der Waals surface area contributed by atoms with Crippen LogP contribution < -0.4 is 44.3 Å². The van der Waals surface area contributed by atoms with Gasteiger partial charge in [-0.25, -0.2) is 0 Å². The zero-order valence-electron chi connectivity index (χ0n) is 15.1. The minimum atomic E-state index is -1.24. The molecule has 1 aromatic carbocycles. The van der Waals surface area contributed by atoms with E-state index in [4.69, 9.17) is 9.47 Å². The number of nitrogens with zero attached hydrogens (tertiary/aromatic N) is 2. The molecule has 1 aliphatic heterocycles. The van der Waals surface area contributed by atoms with E-state index in [9.17, 15) is 4.21 Å². The van der Waals surface area contributed by atoms with Gasteiger partial charge >= 0.3 is 29.6 Å². The Kier molecular flexibility index (Phi) is 6.73. The number of hydrogen-bond donors (Lipinski definition) is 1. The van der Waals surface area contributed by atoms with Crippen molar-refractivity contribution in [2.75, 3.05) is 19.5 Å². The van der Waals surface area contributed by atoms with E-state index in [1.165, 1.54) is 0 Å². The van der Waals surface area contributed by atoms with Crippen molar-refractivity contribution in [3.63, 3.8) is 0 Å². The van der Waals surface area contributed by atoms with Gasteiger partial charge in [-0.3, -0.25) is 9.19 Å². The largest absolute Gasteiger partial charge is 1.00 e. The van der Waals surface area contributed by atoms with Gasteiger partial charge in [0.15, 0.2) is 0 Å². The second kappa shape index (κ2) is 8.40. The summed E-state index contributed by atoms with van der Waals surface area (Å²) in [6.45, 7) is 3.88. The molecule has 1 unspecified atom stereocenters. The third-order valence-corrected chi connectivity index (χ3v) is 5.30. The predicted octanol–water partition coefficient (Wildman–Crippen LogP) is 0.383. The minimum absolute atomic E-state index is 0. The van der Waals surface area contributed by atoms with Gasteiger partial charge in [0.25, 0.3) is 0 Å². The van der Waals surface area contributed by atoms with E-state index in [1.54, 1.807) is 20.4 Å². The van der Waals surface area contributed by atoms with Gasteiger partial charge < -0.3 is 20.1 Å². The Balaban J connectivity index is 0.00000225. The third-order valence-electron chi connectivity index (χ3n) is 4.02. The van der Waals surface area contributed by atoms with Crippen molar-refractivity contribution in [1.82, 2.24) is 4.98 Å². The van der Waals surface area contributed by atoms with Crippen LogP contribution in [0.1, 0.15) is 16.8 Å². The topological polar surface area (TPSA) is 74.6 Å². The number of ether oxygens (including phenoxy) is 2. The molecule has 8 heteroatoms. The van der Waals surface area contributed by atoms with E-state index >= 15 is 0 Å². The van der Waals surface area contributed by atoms with Crippen LogP contribution in [-0.2, 0) is 16.6 Å². The van der Waals surface area contributed by atoms with Crippen LogP contribution in [-0.4, -0.2) is 28.9 Å². The smallest absolute Gasteiger partial charge is 0.653 e. The Morgan fingerprint density at radius 2 is 2.04 bits per heavy atom. The molecule has 1 aromatic heterocycles. The van der Waals surface area contributed by atoms with Gasteiger partial charge in [-0.15, -0.1) is 5.69 Å². The molecule has 2 aromatic rings. The maximum atomic E-state index is 12.7. The molecule has 1 N–H and O–H groups in total. The maximum absolute atomic E-state index is 12.7. The number of hydrogen-bond acceptors (Lipinski definition) is 5. The Morgan fingerprint density at radius 3 is 2.72 bits per heavy atom. The molecule has 0 bridgehead atoms. The molecule has 2 atom stereocenters. The molecular formula is C17H20N3NaO3S. The van der Waals surface area contributed by atoms with Crippen LogP contribution in [0.25, 0.3) is 5.32 Å². The van der Waals surface area contributed by atoms with Crippen LogP contribution in [0.2, 0.25) is 0 Å². The summed E-state index contributed by atoms with van der Waals surface area (Å²) >= 11 is 0. The molecule has 0 fully saturated rings. The Labute approximate surface area is 172 Å². The standard InChI is InChI=1S/C17H20N3O3S.Na/c1-10-8-18-15(11(2)16(10)23-4)9-24(21)17-19-13-6-5-12(22-3)7-14(13)20-17;/h5-8,17,19H,9H2,1-4H3;/q-1;+1/t17?,24-;/m1./s1. The van der Waals surface area contributed by atoms with Crippen molar-refractivity contribution in [3.8, 4) is 11.5 Å². The summed E-state index contributed by atoms with van der Waals surface area (Å²) < 4.78 is 23.3. The monoisotopic (exact) mass is 369 g/mol. The van der Waals surface area contributed by atoms with Gasteiger partial charge in [-0.1, -0.05) is 0 Å². The first-order chi connectivity index (χ1) is 11.5. The molecule has 128 valence electrons. The summed E-state index contributed by atoms with van der Waals surface area (Å²) in [6, 6.07) is 5.56. The van der Waals surface area contributed by atoms with Crippen molar-refractivity contribution < 1.29 is 43.2 Å². The number of benzene rings is 1. The van der Waals surface area contributed by atoms with Crippen molar-refractivity contribution in [2.24, 2.45) is 0 Å². The first-order valence-corrected chi connectivity index (χ1v) is 8.93. The number of rotatable bonds is 5. The summed E-state index contributed by atoms with van der Waals surface area (Å²) in [4.78, 5) is 4.41. The summed E-state index contributed by atoms with van der Waals surface area (Å²) in [5, 5.41) is 7.68. The molecule has 0 radical (unpaired) electrons. The average molecular weight is 369 g/mol. The van der Waals surface area contributed by atoms with E-state index in [0.29, 0.717) is 5.75 Å². The summed E-state index contributed by atoms with van der Waals surface area (Å²) in [6.07, 6.45) is 1.75. The molecule has 3 rings (SSSR count). The summed E-state index contributed by atoms with van der Waals surface area (Å²) in [5.74, 6) is 1.84. The van der Waals surface area contributed by atoms with Crippen LogP contribution in [0.15, 0.2) is 24.4 Å². The van der Waals surface area contributed by atoms with Crippen LogP contribution in [0.4, 0.5) is 11.4 Å². The number of nitrogens with one attached hydrogen (secondary N) is 1. The molecule has 2 heterocycles. The average Bonchev–Trinajstić information content (AvgIpc) is 3.01.